The number of rotatable bonds is 6. The molecule has 0 spiro atoms. The predicted octanol–water partition coefficient (Wildman–Crippen LogP) is 0.0877. The molecule has 0 atom stereocenters. The molecule has 31 heavy (non-hydrogen) atoms. The molecule has 2 aliphatic heterocycles. The van der Waals surface area contributed by atoms with Gasteiger partial charge < -0.3 is 17.1 Å². The van der Waals surface area contributed by atoms with E-state index >= 15 is 0 Å². The van der Waals surface area contributed by atoms with Crippen molar-refractivity contribution in [2.24, 2.45) is 0 Å². The minimum atomic E-state index is -0.179. The van der Waals surface area contributed by atoms with Crippen LogP contribution in [0.2, 0.25) is 0 Å². The van der Waals surface area contributed by atoms with Gasteiger partial charge in [-0.2, -0.15) is 0 Å². The Morgan fingerprint density at radius 3 is 2.32 bits per heavy atom. The van der Waals surface area contributed by atoms with E-state index in [4.69, 9.17) is 4.74 Å². The van der Waals surface area contributed by atoms with Crippen LogP contribution in [0, 0.1) is 0 Å². The number of amides is 2. The van der Waals surface area contributed by atoms with E-state index in [-0.39, 0.29) is 24.2 Å². The Morgan fingerprint density at radius 1 is 1.00 bits per heavy atom. The van der Waals surface area contributed by atoms with Gasteiger partial charge in [-0.05, 0) is 42.8 Å². The first-order chi connectivity index (χ1) is 14.7. The molecular formula is C24H24ClN3O3. The number of hydrogen-bond acceptors (Lipinski definition) is 3. The van der Waals surface area contributed by atoms with Crippen molar-refractivity contribution in [3.8, 4) is 17.0 Å². The monoisotopic (exact) mass is 437 g/mol. The summed E-state index contributed by atoms with van der Waals surface area (Å²) in [4.78, 5) is 26.5. The summed E-state index contributed by atoms with van der Waals surface area (Å²) in [5.41, 5.74) is 3.40. The second-order valence-corrected chi connectivity index (χ2v) is 7.77. The topological polar surface area (TPSA) is 55.4 Å². The number of ether oxygens (including phenoxy) is 1. The fourth-order valence-electron chi connectivity index (χ4n) is 4.54. The maximum Gasteiger partial charge on any atom is 0.261 e. The van der Waals surface area contributed by atoms with Crippen molar-refractivity contribution in [2.45, 2.75) is 32.4 Å². The molecule has 0 N–H and O–H groups in total. The highest BCUT2D eigenvalue weighted by Gasteiger charge is 2.35. The van der Waals surface area contributed by atoms with Crippen molar-refractivity contribution < 1.29 is 31.3 Å². The SMILES string of the molecule is COc1ccc(-c2c[n+](CCCN3C(=O)c4ccccc4C3=O)c3n2CCC3)cc1.[Cl-]. The number of nitrogens with zero attached hydrogens (tertiary/aromatic N) is 3. The van der Waals surface area contributed by atoms with Crippen LogP contribution in [0.4, 0.5) is 0 Å². The van der Waals surface area contributed by atoms with E-state index in [0.717, 1.165) is 43.7 Å². The van der Waals surface area contributed by atoms with Gasteiger partial charge in [0.15, 0.2) is 5.69 Å². The first kappa shape index (κ1) is 21.1. The molecule has 7 heteroatoms. The van der Waals surface area contributed by atoms with E-state index in [1.54, 1.807) is 31.4 Å². The Balaban J connectivity index is 0.00000231. The largest absolute Gasteiger partial charge is 1.00 e. The van der Waals surface area contributed by atoms with Gasteiger partial charge in [0.2, 0.25) is 0 Å². The van der Waals surface area contributed by atoms with Gasteiger partial charge >= 0.3 is 0 Å². The van der Waals surface area contributed by atoms with Gasteiger partial charge in [-0.15, -0.1) is 0 Å². The maximum atomic E-state index is 12.6. The Labute approximate surface area is 187 Å². The van der Waals surface area contributed by atoms with Gasteiger partial charge in [0.25, 0.3) is 17.6 Å². The standard InChI is InChI=1S/C24H24N3O3.ClH/c1-30-18-11-9-17(10-12-18)21-16-25(22-8-4-14-26(21)22)13-5-15-27-23(28)19-6-2-3-7-20(19)24(27)29;/h2-3,6-7,9-12,16H,4-5,8,13-15H2,1H3;1H/q+1;/p-1. The highest BCUT2D eigenvalue weighted by atomic mass is 35.5. The number of aryl methyl sites for hydroxylation is 1. The molecular weight excluding hydrogens is 414 g/mol. The molecule has 0 bridgehead atoms. The number of imide groups is 1. The second-order valence-electron chi connectivity index (χ2n) is 7.77. The van der Waals surface area contributed by atoms with Crippen molar-refractivity contribution in [2.75, 3.05) is 13.7 Å². The lowest BCUT2D eigenvalue weighted by Gasteiger charge is -2.12. The van der Waals surface area contributed by atoms with Crippen LogP contribution in [0.5, 0.6) is 5.75 Å². The lowest BCUT2D eigenvalue weighted by atomic mass is 10.1. The molecule has 0 radical (unpaired) electrons. The molecule has 2 amide bonds. The normalized spacial score (nSPS) is 14.4. The van der Waals surface area contributed by atoms with Crippen LogP contribution in [-0.2, 0) is 19.5 Å². The van der Waals surface area contributed by atoms with Crippen LogP contribution in [0.3, 0.4) is 0 Å². The summed E-state index contributed by atoms with van der Waals surface area (Å²) in [7, 11) is 1.67. The molecule has 2 aromatic carbocycles. The molecule has 0 saturated carbocycles. The minimum absolute atomic E-state index is 0. The number of methoxy groups -OCH3 is 1. The molecule has 5 rings (SSSR count). The van der Waals surface area contributed by atoms with Gasteiger partial charge in [-0.3, -0.25) is 14.5 Å². The lowest BCUT2D eigenvalue weighted by Crippen LogP contribution is -3.00. The molecule has 0 unspecified atom stereocenters. The van der Waals surface area contributed by atoms with Crippen molar-refractivity contribution in [1.82, 2.24) is 9.47 Å². The summed E-state index contributed by atoms with van der Waals surface area (Å²) in [6, 6.07) is 15.2. The number of aromatic nitrogens is 2. The molecule has 6 nitrogen and oxygen atoms in total. The number of imidazole rings is 1. The fourth-order valence-corrected chi connectivity index (χ4v) is 4.54. The molecule has 0 aliphatic carbocycles. The van der Waals surface area contributed by atoms with Crippen LogP contribution in [0.25, 0.3) is 11.3 Å². The third-order valence-corrected chi connectivity index (χ3v) is 6.04. The average Bonchev–Trinajstić information content (AvgIpc) is 3.45. The third kappa shape index (κ3) is 3.61. The summed E-state index contributed by atoms with van der Waals surface area (Å²) in [5.74, 6) is 1.80. The fraction of sp³-hybridized carbons (Fsp3) is 0.292. The molecule has 0 fully saturated rings. The summed E-state index contributed by atoms with van der Waals surface area (Å²) in [6.45, 7) is 2.23. The van der Waals surface area contributed by atoms with Gasteiger partial charge in [0.05, 0.1) is 37.7 Å². The first-order valence-corrected chi connectivity index (χ1v) is 10.4. The van der Waals surface area contributed by atoms with Crippen LogP contribution in [-0.4, -0.2) is 34.9 Å². The van der Waals surface area contributed by atoms with E-state index in [1.165, 1.54) is 16.4 Å². The van der Waals surface area contributed by atoms with Crippen LogP contribution in [0.15, 0.2) is 54.7 Å². The number of hydrogen-bond donors (Lipinski definition) is 0. The van der Waals surface area contributed by atoms with Gasteiger partial charge in [0.1, 0.15) is 11.9 Å². The highest BCUT2D eigenvalue weighted by Crippen LogP contribution is 2.27. The summed E-state index contributed by atoms with van der Waals surface area (Å²) >= 11 is 0. The first-order valence-electron chi connectivity index (χ1n) is 10.4. The van der Waals surface area contributed by atoms with Crippen LogP contribution < -0.4 is 21.7 Å². The van der Waals surface area contributed by atoms with Crippen molar-refractivity contribution in [3.63, 3.8) is 0 Å². The zero-order valence-electron chi connectivity index (χ0n) is 17.4. The minimum Gasteiger partial charge on any atom is -1.00 e. The number of halogens is 1. The molecule has 3 aromatic rings. The summed E-state index contributed by atoms with van der Waals surface area (Å²) in [5, 5.41) is 0. The molecule has 0 saturated heterocycles. The lowest BCUT2D eigenvalue weighted by molar-refractivity contribution is -0.703. The zero-order valence-corrected chi connectivity index (χ0v) is 18.1. The van der Waals surface area contributed by atoms with Gasteiger partial charge in [0, 0.05) is 18.5 Å². The Bertz CT molecular complexity index is 1100. The van der Waals surface area contributed by atoms with Gasteiger partial charge in [-0.1, -0.05) is 12.1 Å². The number of carbonyl (C=O) groups excluding carboxylic acids is 2. The number of fused-ring (bicyclic) bond motifs is 2. The number of carbonyl (C=O) groups is 2. The highest BCUT2D eigenvalue weighted by molar-refractivity contribution is 6.21. The smallest absolute Gasteiger partial charge is 0.261 e. The quantitative estimate of drug-likeness (QED) is 0.405. The summed E-state index contributed by atoms with van der Waals surface area (Å²) < 4.78 is 9.94. The average molecular weight is 438 g/mol. The predicted molar refractivity (Wildman–Crippen MR) is 111 cm³/mol. The Hall–Kier alpha value is -3.12. The van der Waals surface area contributed by atoms with Crippen LogP contribution in [0.1, 0.15) is 39.4 Å². The van der Waals surface area contributed by atoms with E-state index in [9.17, 15) is 9.59 Å². The third-order valence-electron chi connectivity index (χ3n) is 6.04. The molecule has 2 aliphatic rings. The van der Waals surface area contributed by atoms with Crippen LogP contribution >= 0.6 is 0 Å². The molecule has 3 heterocycles. The Kier molecular flexibility index (Phi) is 5.83. The number of benzene rings is 2. The van der Waals surface area contributed by atoms with E-state index in [0.29, 0.717) is 17.7 Å². The van der Waals surface area contributed by atoms with Crippen molar-refractivity contribution >= 4 is 11.8 Å². The zero-order chi connectivity index (χ0) is 20.7. The maximum absolute atomic E-state index is 12.6. The van der Waals surface area contributed by atoms with E-state index < -0.39 is 0 Å². The van der Waals surface area contributed by atoms with Crippen molar-refractivity contribution in [1.29, 1.82) is 0 Å². The Morgan fingerprint density at radius 2 is 1.68 bits per heavy atom. The second kappa shape index (κ2) is 8.55. The summed E-state index contributed by atoms with van der Waals surface area (Å²) in [6.07, 6.45) is 5.11. The van der Waals surface area contributed by atoms with Crippen molar-refractivity contribution in [3.05, 3.63) is 71.7 Å². The molecule has 1 aromatic heterocycles. The molecule has 160 valence electrons. The van der Waals surface area contributed by atoms with E-state index in [2.05, 4.69) is 27.5 Å². The van der Waals surface area contributed by atoms with Gasteiger partial charge in [-0.25, -0.2) is 9.13 Å². The van der Waals surface area contributed by atoms with E-state index in [1.807, 2.05) is 12.1 Å².